The summed E-state index contributed by atoms with van der Waals surface area (Å²) in [6.45, 7) is 1.59. The highest BCUT2D eigenvalue weighted by Crippen LogP contribution is 2.45. The summed E-state index contributed by atoms with van der Waals surface area (Å²) in [4.78, 5) is 51.6. The number of carbonyl (C=O) groups excluding carboxylic acids is 4. The van der Waals surface area contributed by atoms with Crippen LogP contribution in [0.4, 0.5) is 15.8 Å². The van der Waals surface area contributed by atoms with E-state index in [1.165, 1.54) is 40.7 Å². The Bertz CT molecular complexity index is 1730. The average Bonchev–Trinajstić information content (AvgIpc) is 3.38. The number of amides is 2. The summed E-state index contributed by atoms with van der Waals surface area (Å²) < 4.78 is 15.2. The second-order valence-electron chi connectivity index (χ2n) is 9.08. The minimum atomic E-state index is -1.67. The number of hydrogen-bond acceptors (Lipinski definition) is 7. The number of anilines is 2. The monoisotopic (exact) mass is 567 g/mol. The van der Waals surface area contributed by atoms with Gasteiger partial charge in [-0.2, -0.15) is 10.4 Å². The summed E-state index contributed by atoms with van der Waals surface area (Å²) in [6, 6.07) is 20.9. The molecule has 1 atom stereocenters. The molecule has 3 aromatic carbocycles. The Morgan fingerprint density at radius 3 is 2.44 bits per heavy atom. The van der Waals surface area contributed by atoms with Crippen LogP contribution in [-0.2, 0) is 20.1 Å². The number of para-hydroxylation sites is 1. The van der Waals surface area contributed by atoms with Gasteiger partial charge in [-0.15, -0.1) is 11.8 Å². The van der Waals surface area contributed by atoms with Gasteiger partial charge in [-0.3, -0.25) is 19.2 Å². The first-order valence-corrected chi connectivity index (χ1v) is 13.6. The van der Waals surface area contributed by atoms with Crippen molar-refractivity contribution in [2.45, 2.75) is 24.0 Å². The van der Waals surface area contributed by atoms with Gasteiger partial charge < -0.3 is 10.6 Å². The van der Waals surface area contributed by atoms with E-state index in [4.69, 9.17) is 0 Å². The quantitative estimate of drug-likeness (QED) is 0.171. The van der Waals surface area contributed by atoms with Crippen molar-refractivity contribution in [1.29, 1.82) is 5.26 Å². The van der Waals surface area contributed by atoms with Gasteiger partial charge in [0.05, 0.1) is 17.5 Å². The maximum Gasteiger partial charge on any atom is 0.291 e. The summed E-state index contributed by atoms with van der Waals surface area (Å²) in [7, 11) is 0. The van der Waals surface area contributed by atoms with Crippen LogP contribution >= 0.6 is 11.8 Å². The number of ketones is 2. The molecule has 0 spiro atoms. The maximum atomic E-state index is 13.8. The molecule has 5 rings (SSSR count). The third-order valence-electron chi connectivity index (χ3n) is 6.42. The van der Waals surface area contributed by atoms with E-state index in [1.807, 2.05) is 0 Å². The van der Waals surface area contributed by atoms with Gasteiger partial charge in [0.1, 0.15) is 11.5 Å². The van der Waals surface area contributed by atoms with E-state index in [2.05, 4.69) is 15.7 Å². The van der Waals surface area contributed by atoms with Gasteiger partial charge in [0, 0.05) is 39.6 Å². The Morgan fingerprint density at radius 1 is 1.02 bits per heavy atom. The lowest BCUT2D eigenvalue weighted by atomic mass is 9.97. The van der Waals surface area contributed by atoms with Crippen LogP contribution in [0.15, 0.2) is 77.7 Å². The first kappa shape index (κ1) is 27.5. The molecule has 0 fully saturated rings. The smallest absolute Gasteiger partial charge is 0.291 e. The van der Waals surface area contributed by atoms with Crippen molar-refractivity contribution in [3.8, 4) is 23.0 Å². The van der Waals surface area contributed by atoms with E-state index in [0.717, 1.165) is 4.90 Å². The fraction of sp³-hybridized carbons (Fsp3) is 0.133. The second kappa shape index (κ2) is 11.6. The van der Waals surface area contributed by atoms with Crippen LogP contribution in [0.1, 0.15) is 29.4 Å². The molecule has 0 saturated heterocycles. The number of nitriles is 1. The van der Waals surface area contributed by atoms with Crippen LogP contribution in [-0.4, -0.2) is 33.2 Å². The van der Waals surface area contributed by atoms with Crippen molar-refractivity contribution in [2.24, 2.45) is 5.92 Å². The first-order chi connectivity index (χ1) is 19.8. The zero-order chi connectivity index (χ0) is 29.1. The number of fused-ring (bicyclic) bond motifs is 3. The maximum absolute atomic E-state index is 13.8. The van der Waals surface area contributed by atoms with E-state index < -0.39 is 35.1 Å². The van der Waals surface area contributed by atoms with Crippen molar-refractivity contribution in [1.82, 2.24) is 9.78 Å². The third kappa shape index (κ3) is 5.50. The zero-order valence-corrected chi connectivity index (χ0v) is 22.5. The van der Waals surface area contributed by atoms with Crippen molar-refractivity contribution in [3.63, 3.8) is 0 Å². The number of thioether (sulfide) groups is 1. The molecule has 0 bridgehead atoms. The molecule has 0 aliphatic carbocycles. The fourth-order valence-corrected chi connectivity index (χ4v) is 5.42. The molecule has 11 heteroatoms. The standard InChI is InChI=1S/C30H22FN5O4S/c1-2-24(37)30(40)34-19-10-13-25-21(14-19)27-23(16-41-25)26(35-36(27)20-11-8-17(31)9-12-20)28(38)22(15-32)29(39)33-18-6-4-3-5-7-18/h3-14,22H,2,16H2,1H3,(H,33,39)(H,34,40). The molecule has 1 aliphatic rings. The highest BCUT2D eigenvalue weighted by molar-refractivity contribution is 7.98. The van der Waals surface area contributed by atoms with Crippen LogP contribution in [0.2, 0.25) is 0 Å². The fourth-order valence-electron chi connectivity index (χ4n) is 4.37. The number of Topliss-reactive ketones (excluding diaryl/α,β-unsaturated/α-hetero) is 2. The molecule has 2 amide bonds. The van der Waals surface area contributed by atoms with Crippen molar-refractivity contribution < 1.29 is 23.6 Å². The van der Waals surface area contributed by atoms with Crippen LogP contribution in [0.5, 0.6) is 0 Å². The molecular weight excluding hydrogens is 545 g/mol. The van der Waals surface area contributed by atoms with Gasteiger partial charge in [-0.05, 0) is 54.6 Å². The lowest BCUT2D eigenvalue weighted by molar-refractivity contribution is -0.134. The Balaban J connectivity index is 1.60. The van der Waals surface area contributed by atoms with Crippen molar-refractivity contribution in [3.05, 3.63) is 89.9 Å². The molecule has 1 aliphatic heterocycles. The van der Waals surface area contributed by atoms with E-state index in [1.54, 1.807) is 61.5 Å². The lowest BCUT2D eigenvalue weighted by Crippen LogP contribution is -2.29. The highest BCUT2D eigenvalue weighted by atomic mass is 32.2. The summed E-state index contributed by atoms with van der Waals surface area (Å²) >= 11 is 1.41. The Kier molecular flexibility index (Phi) is 7.76. The van der Waals surface area contributed by atoms with Crippen LogP contribution < -0.4 is 10.6 Å². The van der Waals surface area contributed by atoms with Crippen molar-refractivity contribution in [2.75, 3.05) is 10.6 Å². The number of hydrogen-bond donors (Lipinski definition) is 2. The van der Waals surface area contributed by atoms with E-state index in [-0.39, 0.29) is 12.1 Å². The highest BCUT2D eigenvalue weighted by Gasteiger charge is 2.36. The predicted molar refractivity (Wildman–Crippen MR) is 151 cm³/mol. The van der Waals surface area contributed by atoms with Gasteiger partial charge >= 0.3 is 0 Å². The van der Waals surface area contributed by atoms with Crippen molar-refractivity contribution >= 4 is 46.5 Å². The minimum absolute atomic E-state index is 0.0531. The molecule has 1 unspecified atom stereocenters. The topological polar surface area (TPSA) is 134 Å². The van der Waals surface area contributed by atoms with E-state index >= 15 is 0 Å². The van der Waals surface area contributed by atoms with Crippen LogP contribution in [0.3, 0.4) is 0 Å². The van der Waals surface area contributed by atoms with Gasteiger partial charge in [-0.1, -0.05) is 25.1 Å². The number of benzene rings is 3. The zero-order valence-electron chi connectivity index (χ0n) is 21.7. The molecule has 2 heterocycles. The molecule has 2 N–H and O–H groups in total. The SMILES string of the molecule is CCC(=O)C(=O)Nc1ccc2c(c1)-c1c(c(C(=O)C(C#N)C(=O)Nc3ccccc3)nn1-c1ccc(F)cc1)CS2. The molecule has 9 nitrogen and oxygen atoms in total. The number of nitrogens with one attached hydrogen (secondary N) is 2. The predicted octanol–water partition coefficient (Wildman–Crippen LogP) is 5.16. The Morgan fingerprint density at radius 2 is 1.76 bits per heavy atom. The van der Waals surface area contributed by atoms with E-state index in [9.17, 15) is 28.8 Å². The Hall–Kier alpha value is -5.08. The minimum Gasteiger partial charge on any atom is -0.325 e. The molecule has 0 radical (unpaired) electrons. The second-order valence-corrected chi connectivity index (χ2v) is 10.1. The summed E-state index contributed by atoms with van der Waals surface area (Å²) in [6.07, 6.45) is 0.0531. The summed E-state index contributed by atoms with van der Waals surface area (Å²) in [5.74, 6) is -4.71. The summed E-state index contributed by atoms with van der Waals surface area (Å²) in [5, 5.41) is 19.6. The lowest BCUT2D eigenvalue weighted by Gasteiger charge is -2.20. The molecule has 41 heavy (non-hydrogen) atoms. The molecule has 1 aromatic heterocycles. The molecular formula is C30H22FN5O4S. The van der Waals surface area contributed by atoms with Gasteiger partial charge in [0.15, 0.2) is 5.92 Å². The average molecular weight is 568 g/mol. The number of halogens is 1. The van der Waals surface area contributed by atoms with Crippen LogP contribution in [0.25, 0.3) is 16.9 Å². The number of carbonyl (C=O) groups is 4. The largest absolute Gasteiger partial charge is 0.325 e. The van der Waals surface area contributed by atoms with Crippen LogP contribution in [0, 0.1) is 23.1 Å². The number of nitrogens with zero attached hydrogens (tertiary/aromatic N) is 3. The van der Waals surface area contributed by atoms with E-state index in [0.29, 0.717) is 39.6 Å². The molecule has 4 aromatic rings. The first-order valence-electron chi connectivity index (χ1n) is 12.6. The third-order valence-corrected chi connectivity index (χ3v) is 7.52. The number of rotatable bonds is 8. The molecule has 204 valence electrons. The van der Waals surface area contributed by atoms with Gasteiger partial charge in [0.2, 0.25) is 17.5 Å². The van der Waals surface area contributed by atoms with Gasteiger partial charge in [-0.25, -0.2) is 9.07 Å². The molecule has 0 saturated carbocycles. The summed E-state index contributed by atoms with van der Waals surface area (Å²) in [5.41, 5.74) is 2.76. The Labute approximate surface area is 238 Å². The number of aromatic nitrogens is 2. The normalized spacial score (nSPS) is 12.3. The van der Waals surface area contributed by atoms with Gasteiger partial charge in [0.25, 0.3) is 5.91 Å².